The fraction of sp³-hybridized carbons (Fsp3) is 0.389. The summed E-state index contributed by atoms with van der Waals surface area (Å²) >= 11 is 3.37. The van der Waals surface area contributed by atoms with Crippen molar-refractivity contribution in [1.29, 1.82) is 0 Å². The number of nitro groups is 1. The van der Waals surface area contributed by atoms with Crippen molar-refractivity contribution in [3.63, 3.8) is 0 Å². The topological polar surface area (TPSA) is 110 Å². The SMILES string of the molecule is CCOC(=O)C1CCCN(c2ncnc(Nc3cccc(Br)c3)c2[N+](=O)[O-])C1. The summed E-state index contributed by atoms with van der Waals surface area (Å²) in [4.78, 5) is 33.4. The number of ether oxygens (including phenoxy) is 1. The minimum absolute atomic E-state index is 0.103. The standard InChI is InChI=1S/C18H20BrN5O4/c1-2-28-18(25)12-5-4-8-23(10-12)17-15(24(26)27)16(20-11-21-17)22-14-7-3-6-13(19)9-14/h3,6-7,9,11-12H,2,4-5,8,10H2,1H3,(H,20,21,22). The van der Waals surface area contributed by atoms with E-state index in [-0.39, 0.29) is 29.2 Å². The third kappa shape index (κ3) is 4.56. The Bertz CT molecular complexity index is 879. The van der Waals surface area contributed by atoms with Crippen molar-refractivity contribution in [2.75, 3.05) is 29.9 Å². The number of halogens is 1. The van der Waals surface area contributed by atoms with Crippen molar-refractivity contribution in [2.24, 2.45) is 5.92 Å². The van der Waals surface area contributed by atoms with E-state index in [1.54, 1.807) is 24.0 Å². The molecule has 2 aromatic rings. The van der Waals surface area contributed by atoms with E-state index in [2.05, 4.69) is 31.2 Å². The van der Waals surface area contributed by atoms with Crippen LogP contribution in [-0.4, -0.2) is 40.6 Å². The number of anilines is 3. The Labute approximate surface area is 170 Å². The molecule has 1 aromatic carbocycles. The highest BCUT2D eigenvalue weighted by Gasteiger charge is 2.33. The number of nitrogens with zero attached hydrogens (tertiary/aromatic N) is 4. The lowest BCUT2D eigenvalue weighted by Gasteiger charge is -2.32. The number of aromatic nitrogens is 2. The van der Waals surface area contributed by atoms with Gasteiger partial charge in [-0.05, 0) is 38.0 Å². The number of piperidine rings is 1. The first-order valence-corrected chi connectivity index (χ1v) is 9.72. The highest BCUT2D eigenvalue weighted by atomic mass is 79.9. The molecule has 28 heavy (non-hydrogen) atoms. The lowest BCUT2D eigenvalue weighted by molar-refractivity contribution is -0.383. The van der Waals surface area contributed by atoms with Crippen molar-refractivity contribution in [2.45, 2.75) is 19.8 Å². The summed E-state index contributed by atoms with van der Waals surface area (Å²) < 4.78 is 5.94. The van der Waals surface area contributed by atoms with Gasteiger partial charge >= 0.3 is 11.7 Å². The maximum absolute atomic E-state index is 12.1. The van der Waals surface area contributed by atoms with Gasteiger partial charge < -0.3 is 15.0 Å². The van der Waals surface area contributed by atoms with Crippen LogP contribution in [0, 0.1) is 16.0 Å². The molecule has 0 spiro atoms. The molecule has 0 aliphatic carbocycles. The van der Waals surface area contributed by atoms with E-state index >= 15 is 0 Å². The summed E-state index contributed by atoms with van der Waals surface area (Å²) in [6.07, 6.45) is 2.70. The molecule has 148 valence electrons. The molecule has 2 heterocycles. The van der Waals surface area contributed by atoms with Gasteiger partial charge in [-0.25, -0.2) is 9.97 Å². The van der Waals surface area contributed by atoms with Crippen LogP contribution >= 0.6 is 15.9 Å². The van der Waals surface area contributed by atoms with E-state index < -0.39 is 4.92 Å². The molecule has 0 bridgehead atoms. The Hall–Kier alpha value is -2.75. The van der Waals surface area contributed by atoms with Gasteiger partial charge in [0.05, 0.1) is 17.4 Å². The van der Waals surface area contributed by atoms with Crippen LogP contribution < -0.4 is 10.2 Å². The predicted molar refractivity (Wildman–Crippen MR) is 108 cm³/mol. The maximum Gasteiger partial charge on any atom is 0.353 e. The molecule has 0 radical (unpaired) electrons. The number of hydrogen-bond acceptors (Lipinski definition) is 8. The average Bonchev–Trinajstić information content (AvgIpc) is 2.68. The highest BCUT2D eigenvalue weighted by molar-refractivity contribution is 9.10. The highest BCUT2D eigenvalue weighted by Crippen LogP contribution is 2.35. The fourth-order valence-corrected chi connectivity index (χ4v) is 3.58. The van der Waals surface area contributed by atoms with Crippen LogP contribution in [0.2, 0.25) is 0 Å². The minimum Gasteiger partial charge on any atom is -0.466 e. The van der Waals surface area contributed by atoms with Crippen molar-refractivity contribution in [3.8, 4) is 0 Å². The quantitative estimate of drug-likeness (QED) is 0.403. The number of nitrogens with one attached hydrogen (secondary N) is 1. The van der Waals surface area contributed by atoms with Gasteiger partial charge in [0.2, 0.25) is 11.6 Å². The third-order valence-corrected chi connectivity index (χ3v) is 4.91. The van der Waals surface area contributed by atoms with Gasteiger partial charge in [0.1, 0.15) is 6.33 Å². The van der Waals surface area contributed by atoms with Gasteiger partial charge in [-0.15, -0.1) is 0 Å². The smallest absolute Gasteiger partial charge is 0.353 e. The first-order chi connectivity index (χ1) is 13.5. The Kier molecular flexibility index (Phi) is 6.40. The summed E-state index contributed by atoms with van der Waals surface area (Å²) in [7, 11) is 0. The molecule has 3 rings (SSSR count). The molecular weight excluding hydrogens is 430 g/mol. The Morgan fingerprint density at radius 1 is 1.46 bits per heavy atom. The van der Waals surface area contributed by atoms with E-state index in [9.17, 15) is 14.9 Å². The summed E-state index contributed by atoms with van der Waals surface area (Å²) in [6, 6.07) is 7.25. The van der Waals surface area contributed by atoms with Crippen LogP contribution in [0.15, 0.2) is 35.1 Å². The van der Waals surface area contributed by atoms with Gasteiger partial charge in [-0.2, -0.15) is 0 Å². The van der Waals surface area contributed by atoms with Crippen molar-refractivity contribution < 1.29 is 14.5 Å². The van der Waals surface area contributed by atoms with Gasteiger partial charge in [0, 0.05) is 23.2 Å². The summed E-state index contributed by atoms with van der Waals surface area (Å²) in [5.74, 6) is -0.306. The first-order valence-electron chi connectivity index (χ1n) is 8.93. The second kappa shape index (κ2) is 8.96. The summed E-state index contributed by atoms with van der Waals surface area (Å²) in [6.45, 7) is 2.97. The van der Waals surface area contributed by atoms with Gasteiger partial charge in [-0.3, -0.25) is 14.9 Å². The largest absolute Gasteiger partial charge is 0.466 e. The number of benzene rings is 1. The Morgan fingerprint density at radius 3 is 3.00 bits per heavy atom. The number of carbonyl (C=O) groups is 1. The number of hydrogen-bond donors (Lipinski definition) is 1. The zero-order valence-electron chi connectivity index (χ0n) is 15.3. The lowest BCUT2D eigenvalue weighted by Crippen LogP contribution is -2.40. The number of rotatable bonds is 6. The molecule has 1 N–H and O–H groups in total. The zero-order valence-corrected chi connectivity index (χ0v) is 16.9. The molecule has 1 aliphatic heterocycles. The normalized spacial score (nSPS) is 16.5. The molecule has 10 heteroatoms. The molecule has 1 aliphatic rings. The molecule has 9 nitrogen and oxygen atoms in total. The van der Waals surface area contributed by atoms with Gasteiger partial charge in [0.25, 0.3) is 0 Å². The monoisotopic (exact) mass is 449 g/mol. The van der Waals surface area contributed by atoms with Crippen molar-refractivity contribution in [3.05, 3.63) is 45.2 Å². The fourth-order valence-electron chi connectivity index (χ4n) is 3.19. The van der Waals surface area contributed by atoms with E-state index in [1.807, 2.05) is 12.1 Å². The Morgan fingerprint density at radius 2 is 2.29 bits per heavy atom. The van der Waals surface area contributed by atoms with Crippen LogP contribution in [0.5, 0.6) is 0 Å². The van der Waals surface area contributed by atoms with Crippen LogP contribution in [-0.2, 0) is 9.53 Å². The third-order valence-electron chi connectivity index (χ3n) is 4.41. The molecule has 1 atom stereocenters. The van der Waals surface area contributed by atoms with E-state index in [4.69, 9.17) is 4.74 Å². The van der Waals surface area contributed by atoms with Gasteiger partial charge in [-0.1, -0.05) is 22.0 Å². The van der Waals surface area contributed by atoms with Crippen molar-refractivity contribution >= 4 is 44.9 Å². The van der Waals surface area contributed by atoms with E-state index in [0.717, 1.165) is 10.9 Å². The van der Waals surface area contributed by atoms with Gasteiger partial charge in [0.15, 0.2) is 0 Å². The molecule has 1 unspecified atom stereocenters. The van der Waals surface area contributed by atoms with Crippen LogP contribution in [0.1, 0.15) is 19.8 Å². The second-order valence-electron chi connectivity index (χ2n) is 6.32. The molecule has 1 fully saturated rings. The molecule has 0 amide bonds. The lowest BCUT2D eigenvalue weighted by atomic mass is 9.98. The molecule has 1 saturated heterocycles. The van der Waals surface area contributed by atoms with Crippen molar-refractivity contribution in [1.82, 2.24) is 9.97 Å². The summed E-state index contributed by atoms with van der Waals surface area (Å²) in [5, 5.41) is 14.8. The maximum atomic E-state index is 12.1. The molecule has 0 saturated carbocycles. The summed E-state index contributed by atoms with van der Waals surface area (Å²) in [5.41, 5.74) is 0.442. The van der Waals surface area contributed by atoms with E-state index in [1.165, 1.54) is 6.33 Å². The predicted octanol–water partition coefficient (Wildman–Crippen LogP) is 3.67. The molecule has 1 aromatic heterocycles. The Balaban J connectivity index is 1.90. The first kappa shape index (κ1) is 20.0. The average molecular weight is 450 g/mol. The van der Waals surface area contributed by atoms with E-state index in [0.29, 0.717) is 31.8 Å². The number of carbonyl (C=O) groups excluding carboxylic acids is 1. The number of esters is 1. The molecular formula is C18H20BrN5O4. The zero-order chi connectivity index (χ0) is 20.1. The van der Waals surface area contributed by atoms with Crippen LogP contribution in [0.25, 0.3) is 0 Å². The van der Waals surface area contributed by atoms with Crippen LogP contribution in [0.3, 0.4) is 0 Å². The second-order valence-corrected chi connectivity index (χ2v) is 7.24. The van der Waals surface area contributed by atoms with Crippen LogP contribution in [0.4, 0.5) is 23.0 Å². The minimum atomic E-state index is -0.496.